The summed E-state index contributed by atoms with van der Waals surface area (Å²) in [5, 5.41) is 4.06. The van der Waals surface area contributed by atoms with Crippen LogP contribution in [0, 0.1) is 6.92 Å². The van der Waals surface area contributed by atoms with E-state index < -0.39 is 15.9 Å². The van der Waals surface area contributed by atoms with Crippen LogP contribution in [0.25, 0.3) is 10.8 Å². The molecule has 1 aliphatic heterocycles. The van der Waals surface area contributed by atoms with Crippen molar-refractivity contribution in [3.63, 3.8) is 0 Å². The lowest BCUT2D eigenvalue weighted by molar-refractivity contribution is 0.102. The standard InChI is InChI=1S/C22H22ClN3O4S/c1-14-11-16(31(29,30)26-9-3-2-4-10-26)5-6-17(14)22(28)25-20-12-15-7-8-24-21(27)18(15)13-19(20)23/h5-8,11-13H,2-4,9-10H2,1H3,(H,24,27)(H,25,28). The van der Waals surface area contributed by atoms with Crippen LogP contribution >= 0.6 is 11.6 Å². The second kappa shape index (κ2) is 8.45. The third-order valence-corrected chi connectivity index (χ3v) is 7.71. The predicted molar refractivity (Wildman–Crippen MR) is 121 cm³/mol. The first kappa shape index (κ1) is 21.5. The van der Waals surface area contributed by atoms with E-state index in [-0.39, 0.29) is 15.5 Å². The molecule has 1 aromatic heterocycles. The van der Waals surface area contributed by atoms with Gasteiger partial charge in [0.2, 0.25) is 10.0 Å². The van der Waals surface area contributed by atoms with Crippen LogP contribution in [0.3, 0.4) is 0 Å². The highest BCUT2D eigenvalue weighted by atomic mass is 35.5. The number of sulfonamides is 1. The average Bonchev–Trinajstić information content (AvgIpc) is 2.75. The minimum atomic E-state index is -3.57. The fourth-order valence-electron chi connectivity index (χ4n) is 3.80. The molecule has 0 saturated carbocycles. The molecule has 4 rings (SSSR count). The Balaban J connectivity index is 1.60. The molecule has 0 spiro atoms. The highest BCUT2D eigenvalue weighted by Crippen LogP contribution is 2.28. The molecule has 2 N–H and O–H groups in total. The fraction of sp³-hybridized carbons (Fsp3) is 0.273. The average molecular weight is 460 g/mol. The maximum Gasteiger partial charge on any atom is 0.255 e. The second-order valence-corrected chi connectivity index (χ2v) is 9.97. The molecule has 1 fully saturated rings. The summed E-state index contributed by atoms with van der Waals surface area (Å²) in [6, 6.07) is 9.37. The van der Waals surface area contributed by atoms with Crippen molar-refractivity contribution >= 4 is 44.0 Å². The summed E-state index contributed by atoms with van der Waals surface area (Å²) < 4.78 is 27.3. The lowest BCUT2D eigenvalue weighted by atomic mass is 10.1. The van der Waals surface area contributed by atoms with Crippen LogP contribution < -0.4 is 10.9 Å². The summed E-state index contributed by atoms with van der Waals surface area (Å²) in [7, 11) is -3.57. The summed E-state index contributed by atoms with van der Waals surface area (Å²) >= 11 is 6.27. The predicted octanol–water partition coefficient (Wildman–Crippen LogP) is 3.92. The van der Waals surface area contributed by atoms with Crippen molar-refractivity contribution in [3.8, 4) is 0 Å². The van der Waals surface area contributed by atoms with Crippen LogP contribution in [0.1, 0.15) is 35.2 Å². The number of pyridine rings is 1. The first-order chi connectivity index (χ1) is 14.8. The summed E-state index contributed by atoms with van der Waals surface area (Å²) in [5.74, 6) is -0.412. The van der Waals surface area contributed by atoms with E-state index in [0.717, 1.165) is 19.3 Å². The summed E-state index contributed by atoms with van der Waals surface area (Å²) in [6.07, 6.45) is 4.28. The van der Waals surface area contributed by atoms with Gasteiger partial charge in [-0.1, -0.05) is 18.0 Å². The van der Waals surface area contributed by atoms with E-state index in [4.69, 9.17) is 11.6 Å². The third-order valence-electron chi connectivity index (χ3n) is 5.50. The summed E-state index contributed by atoms with van der Waals surface area (Å²) in [6.45, 7) is 2.74. The molecule has 9 heteroatoms. The molecule has 7 nitrogen and oxygen atoms in total. The van der Waals surface area contributed by atoms with Crippen LogP contribution in [0.5, 0.6) is 0 Å². The molecule has 3 aromatic rings. The molecule has 1 saturated heterocycles. The molecule has 0 radical (unpaired) electrons. The van der Waals surface area contributed by atoms with E-state index in [1.165, 1.54) is 34.8 Å². The minimum Gasteiger partial charge on any atom is -0.329 e. The van der Waals surface area contributed by atoms with E-state index in [2.05, 4.69) is 10.3 Å². The molecule has 162 valence electrons. The van der Waals surface area contributed by atoms with Gasteiger partial charge in [-0.05, 0) is 67.1 Å². The van der Waals surface area contributed by atoms with Crippen LogP contribution in [0.2, 0.25) is 5.02 Å². The van der Waals surface area contributed by atoms with Gasteiger partial charge in [-0.25, -0.2) is 8.42 Å². The lowest BCUT2D eigenvalue weighted by Gasteiger charge is -2.26. The molecule has 2 aromatic carbocycles. The normalized spacial score (nSPS) is 15.2. The molecule has 31 heavy (non-hydrogen) atoms. The number of halogens is 1. The number of aromatic nitrogens is 1. The molecular formula is C22H22ClN3O4S. The number of carbonyl (C=O) groups excluding carboxylic acids is 1. The Bertz CT molecular complexity index is 1330. The van der Waals surface area contributed by atoms with Crippen molar-refractivity contribution in [2.75, 3.05) is 18.4 Å². The van der Waals surface area contributed by atoms with Gasteiger partial charge in [0, 0.05) is 30.2 Å². The number of hydrogen-bond donors (Lipinski definition) is 2. The van der Waals surface area contributed by atoms with Crippen LogP contribution in [-0.4, -0.2) is 36.7 Å². The van der Waals surface area contributed by atoms with E-state index in [0.29, 0.717) is 40.7 Å². The number of nitrogens with one attached hydrogen (secondary N) is 2. The number of piperidine rings is 1. The van der Waals surface area contributed by atoms with Crippen LogP contribution in [-0.2, 0) is 10.0 Å². The molecule has 1 amide bonds. The largest absolute Gasteiger partial charge is 0.329 e. The molecule has 0 unspecified atom stereocenters. The van der Waals surface area contributed by atoms with Gasteiger partial charge in [0.05, 0.1) is 15.6 Å². The number of rotatable bonds is 4. The van der Waals surface area contributed by atoms with Gasteiger partial charge in [-0.15, -0.1) is 0 Å². The lowest BCUT2D eigenvalue weighted by Crippen LogP contribution is -2.35. The van der Waals surface area contributed by atoms with Gasteiger partial charge >= 0.3 is 0 Å². The molecule has 1 aliphatic rings. The van der Waals surface area contributed by atoms with Gasteiger partial charge in [0.25, 0.3) is 11.5 Å². The highest BCUT2D eigenvalue weighted by molar-refractivity contribution is 7.89. The van der Waals surface area contributed by atoms with Crippen LogP contribution in [0.4, 0.5) is 5.69 Å². The maximum atomic E-state index is 12.9. The minimum absolute atomic E-state index is 0.186. The number of H-pyrrole nitrogens is 1. The molecule has 0 atom stereocenters. The monoisotopic (exact) mass is 459 g/mol. The number of aryl methyl sites for hydroxylation is 1. The molecule has 0 aliphatic carbocycles. The first-order valence-electron chi connectivity index (χ1n) is 10.0. The van der Waals surface area contributed by atoms with Gasteiger partial charge in [-0.3, -0.25) is 9.59 Å². The zero-order valence-electron chi connectivity index (χ0n) is 16.9. The molecule has 0 bridgehead atoms. The van der Waals surface area contributed by atoms with E-state index in [1.807, 2.05) is 0 Å². The number of nitrogens with zero attached hydrogens (tertiary/aromatic N) is 1. The zero-order valence-corrected chi connectivity index (χ0v) is 18.5. The van der Waals surface area contributed by atoms with Crippen molar-refractivity contribution < 1.29 is 13.2 Å². The Kier molecular flexibility index (Phi) is 5.88. The van der Waals surface area contributed by atoms with Crippen LogP contribution in [0.15, 0.2) is 52.3 Å². The topological polar surface area (TPSA) is 99.3 Å². The highest BCUT2D eigenvalue weighted by Gasteiger charge is 2.26. The van der Waals surface area contributed by atoms with Gasteiger partial charge in [0.15, 0.2) is 0 Å². The Labute approximate surface area is 185 Å². The van der Waals surface area contributed by atoms with Gasteiger partial charge in [-0.2, -0.15) is 4.31 Å². The quantitative estimate of drug-likeness (QED) is 0.617. The first-order valence-corrected chi connectivity index (χ1v) is 11.8. The summed E-state index contributed by atoms with van der Waals surface area (Å²) in [5.41, 5.74) is 0.997. The van der Waals surface area contributed by atoms with E-state index in [9.17, 15) is 18.0 Å². The van der Waals surface area contributed by atoms with Crippen molar-refractivity contribution in [1.29, 1.82) is 0 Å². The SMILES string of the molecule is Cc1cc(S(=O)(=O)N2CCCCC2)ccc1C(=O)Nc1cc2cc[nH]c(=O)c2cc1Cl. The van der Waals surface area contributed by atoms with Crippen molar-refractivity contribution in [2.45, 2.75) is 31.1 Å². The number of aromatic amines is 1. The molecule has 2 heterocycles. The number of amides is 1. The fourth-order valence-corrected chi connectivity index (χ4v) is 5.61. The van der Waals surface area contributed by atoms with Crippen molar-refractivity contribution in [3.05, 3.63) is 69.1 Å². The smallest absolute Gasteiger partial charge is 0.255 e. The van der Waals surface area contributed by atoms with Crippen molar-refractivity contribution in [2.24, 2.45) is 0 Å². The number of fused-ring (bicyclic) bond motifs is 1. The Hall–Kier alpha value is -2.68. The van der Waals surface area contributed by atoms with E-state index in [1.54, 1.807) is 19.1 Å². The molecular weight excluding hydrogens is 438 g/mol. The zero-order chi connectivity index (χ0) is 22.2. The van der Waals surface area contributed by atoms with E-state index >= 15 is 0 Å². The second-order valence-electron chi connectivity index (χ2n) is 7.62. The Morgan fingerprint density at radius 2 is 1.84 bits per heavy atom. The Morgan fingerprint density at radius 1 is 1.10 bits per heavy atom. The third kappa shape index (κ3) is 4.23. The number of carbonyl (C=O) groups is 1. The summed E-state index contributed by atoms with van der Waals surface area (Å²) in [4.78, 5) is 27.5. The Morgan fingerprint density at radius 3 is 2.55 bits per heavy atom. The number of hydrogen-bond acceptors (Lipinski definition) is 4. The maximum absolute atomic E-state index is 12.9. The number of anilines is 1. The van der Waals surface area contributed by atoms with Gasteiger partial charge < -0.3 is 10.3 Å². The number of benzene rings is 2. The van der Waals surface area contributed by atoms with Crippen molar-refractivity contribution in [1.82, 2.24) is 9.29 Å². The van der Waals surface area contributed by atoms with Gasteiger partial charge in [0.1, 0.15) is 0 Å².